The Hall–Kier alpha value is -1.76. The molecule has 0 heterocycles. The van der Waals surface area contributed by atoms with E-state index in [2.05, 4.69) is 0 Å². The SMILES string of the molecule is COc1cc(C(F)(F)F)ccc1C(N)C(=O)O. The molecule has 0 amide bonds. The molecule has 0 aliphatic heterocycles. The van der Waals surface area contributed by atoms with Gasteiger partial charge in [0.1, 0.15) is 11.8 Å². The Labute approximate surface area is 94.8 Å². The summed E-state index contributed by atoms with van der Waals surface area (Å²) in [7, 11) is 1.15. The number of methoxy groups -OCH3 is 1. The van der Waals surface area contributed by atoms with Gasteiger partial charge < -0.3 is 15.6 Å². The van der Waals surface area contributed by atoms with E-state index >= 15 is 0 Å². The zero-order valence-corrected chi connectivity index (χ0v) is 8.78. The highest BCUT2D eigenvalue weighted by molar-refractivity contribution is 5.76. The Morgan fingerprint density at radius 1 is 1.47 bits per heavy atom. The Kier molecular flexibility index (Phi) is 3.62. The largest absolute Gasteiger partial charge is 0.496 e. The summed E-state index contributed by atoms with van der Waals surface area (Å²) in [6.45, 7) is 0. The predicted octanol–water partition coefficient (Wildman–Crippen LogP) is 1.80. The number of carboxylic acid groups (broad SMARTS) is 1. The lowest BCUT2D eigenvalue weighted by atomic mass is 10.0. The van der Waals surface area contributed by atoms with E-state index in [1.165, 1.54) is 0 Å². The third-order valence-corrected chi connectivity index (χ3v) is 2.16. The number of nitrogens with two attached hydrogens (primary N) is 1. The molecule has 1 aromatic rings. The maximum atomic E-state index is 12.4. The molecule has 0 aliphatic carbocycles. The molecule has 1 unspecified atom stereocenters. The van der Waals surface area contributed by atoms with E-state index in [0.29, 0.717) is 0 Å². The molecular formula is C10H10F3NO3. The van der Waals surface area contributed by atoms with Gasteiger partial charge in [-0.3, -0.25) is 4.79 Å². The van der Waals surface area contributed by atoms with Crippen molar-refractivity contribution in [2.45, 2.75) is 12.2 Å². The fourth-order valence-electron chi connectivity index (χ4n) is 1.28. The quantitative estimate of drug-likeness (QED) is 0.856. The Morgan fingerprint density at radius 2 is 2.06 bits per heavy atom. The summed E-state index contributed by atoms with van der Waals surface area (Å²) in [5.74, 6) is -1.54. The van der Waals surface area contributed by atoms with Crippen molar-refractivity contribution in [1.82, 2.24) is 0 Å². The number of ether oxygens (including phenoxy) is 1. The lowest BCUT2D eigenvalue weighted by molar-refractivity contribution is -0.138. The van der Waals surface area contributed by atoms with E-state index in [4.69, 9.17) is 15.6 Å². The summed E-state index contributed by atoms with van der Waals surface area (Å²) in [6.07, 6.45) is -4.51. The van der Waals surface area contributed by atoms with E-state index in [9.17, 15) is 18.0 Å². The standard InChI is InChI=1S/C10H10F3NO3/c1-17-7-4-5(10(11,12)13)2-3-6(7)8(14)9(15)16/h2-4,8H,14H2,1H3,(H,15,16). The summed E-state index contributed by atoms with van der Waals surface area (Å²) in [4.78, 5) is 10.6. The fraction of sp³-hybridized carbons (Fsp3) is 0.300. The minimum atomic E-state index is -4.51. The molecule has 1 aromatic carbocycles. The number of carbonyl (C=O) groups is 1. The van der Waals surface area contributed by atoms with Gasteiger partial charge in [-0.15, -0.1) is 0 Å². The third kappa shape index (κ3) is 2.88. The van der Waals surface area contributed by atoms with E-state index in [1.54, 1.807) is 0 Å². The molecule has 17 heavy (non-hydrogen) atoms. The van der Waals surface area contributed by atoms with Crippen LogP contribution >= 0.6 is 0 Å². The highest BCUT2D eigenvalue weighted by atomic mass is 19.4. The number of hydrogen-bond acceptors (Lipinski definition) is 3. The molecule has 7 heteroatoms. The minimum Gasteiger partial charge on any atom is -0.496 e. The molecule has 0 radical (unpaired) electrons. The van der Waals surface area contributed by atoms with Gasteiger partial charge in [-0.25, -0.2) is 0 Å². The van der Waals surface area contributed by atoms with Crippen LogP contribution in [0.4, 0.5) is 13.2 Å². The normalized spacial score (nSPS) is 13.2. The first-order chi connectivity index (χ1) is 7.77. The first-order valence-corrected chi connectivity index (χ1v) is 4.51. The molecule has 0 aliphatic rings. The molecule has 94 valence electrons. The first kappa shape index (κ1) is 13.3. The van der Waals surface area contributed by atoms with Gasteiger partial charge in [-0.1, -0.05) is 6.07 Å². The van der Waals surface area contributed by atoms with Gasteiger partial charge >= 0.3 is 12.1 Å². The average Bonchev–Trinajstić information content (AvgIpc) is 2.25. The van der Waals surface area contributed by atoms with Crippen molar-refractivity contribution in [3.8, 4) is 5.75 Å². The second kappa shape index (κ2) is 4.62. The Balaban J connectivity index is 3.23. The summed E-state index contributed by atoms with van der Waals surface area (Å²) < 4.78 is 41.9. The van der Waals surface area contributed by atoms with Crippen LogP contribution in [0.1, 0.15) is 17.2 Å². The molecule has 0 aromatic heterocycles. The topological polar surface area (TPSA) is 72.5 Å². The van der Waals surface area contributed by atoms with Gasteiger partial charge in [-0.05, 0) is 12.1 Å². The molecule has 0 spiro atoms. The van der Waals surface area contributed by atoms with Crippen molar-refractivity contribution < 1.29 is 27.8 Å². The number of benzene rings is 1. The second-order valence-corrected chi connectivity index (χ2v) is 3.27. The molecule has 1 rings (SSSR count). The summed E-state index contributed by atoms with van der Waals surface area (Å²) in [6, 6.07) is 1.06. The van der Waals surface area contributed by atoms with E-state index in [-0.39, 0.29) is 11.3 Å². The van der Waals surface area contributed by atoms with E-state index < -0.39 is 23.8 Å². The number of halogens is 3. The molecule has 4 nitrogen and oxygen atoms in total. The average molecular weight is 249 g/mol. The summed E-state index contributed by atoms with van der Waals surface area (Å²) in [5.41, 5.74) is 4.39. The number of hydrogen-bond donors (Lipinski definition) is 2. The van der Waals surface area contributed by atoms with Crippen molar-refractivity contribution in [3.63, 3.8) is 0 Å². The number of carboxylic acids is 1. The van der Waals surface area contributed by atoms with Gasteiger partial charge in [0.25, 0.3) is 0 Å². The van der Waals surface area contributed by atoms with E-state index in [0.717, 1.165) is 25.3 Å². The minimum absolute atomic E-state index is 0.00648. The third-order valence-electron chi connectivity index (χ3n) is 2.16. The van der Waals surface area contributed by atoms with Crippen molar-refractivity contribution >= 4 is 5.97 Å². The van der Waals surface area contributed by atoms with Crippen LogP contribution in [0.15, 0.2) is 18.2 Å². The highest BCUT2D eigenvalue weighted by Crippen LogP contribution is 2.34. The van der Waals surface area contributed by atoms with Gasteiger partial charge in [0.05, 0.1) is 12.7 Å². The molecular weight excluding hydrogens is 239 g/mol. The van der Waals surface area contributed by atoms with Gasteiger partial charge in [0, 0.05) is 5.56 Å². The van der Waals surface area contributed by atoms with Crippen LogP contribution in [0.2, 0.25) is 0 Å². The lowest BCUT2D eigenvalue weighted by Gasteiger charge is -2.14. The first-order valence-electron chi connectivity index (χ1n) is 4.51. The van der Waals surface area contributed by atoms with Crippen LogP contribution in [0.3, 0.4) is 0 Å². The fourth-order valence-corrected chi connectivity index (χ4v) is 1.28. The second-order valence-electron chi connectivity index (χ2n) is 3.27. The van der Waals surface area contributed by atoms with Crippen LogP contribution in [-0.2, 0) is 11.0 Å². The van der Waals surface area contributed by atoms with Gasteiger partial charge in [0.15, 0.2) is 0 Å². The summed E-state index contributed by atoms with van der Waals surface area (Å²) in [5, 5.41) is 8.68. The van der Waals surface area contributed by atoms with Crippen LogP contribution in [0.25, 0.3) is 0 Å². The Morgan fingerprint density at radius 3 is 2.47 bits per heavy atom. The highest BCUT2D eigenvalue weighted by Gasteiger charge is 2.32. The molecule has 0 fully saturated rings. The molecule has 3 N–H and O–H groups in total. The van der Waals surface area contributed by atoms with Crippen molar-refractivity contribution in [1.29, 1.82) is 0 Å². The maximum Gasteiger partial charge on any atom is 0.416 e. The monoisotopic (exact) mass is 249 g/mol. The lowest BCUT2D eigenvalue weighted by Crippen LogP contribution is -2.21. The zero-order chi connectivity index (χ0) is 13.2. The molecule has 0 bridgehead atoms. The van der Waals surface area contributed by atoms with Crippen molar-refractivity contribution in [3.05, 3.63) is 29.3 Å². The summed E-state index contributed by atoms with van der Waals surface area (Å²) >= 11 is 0. The predicted molar refractivity (Wildman–Crippen MR) is 52.6 cm³/mol. The van der Waals surface area contributed by atoms with Crippen LogP contribution in [0.5, 0.6) is 5.75 Å². The van der Waals surface area contributed by atoms with E-state index in [1.807, 2.05) is 0 Å². The Bertz CT molecular complexity index is 431. The van der Waals surface area contributed by atoms with Gasteiger partial charge in [0.2, 0.25) is 0 Å². The molecule has 0 saturated carbocycles. The van der Waals surface area contributed by atoms with Gasteiger partial charge in [-0.2, -0.15) is 13.2 Å². The molecule has 1 atom stereocenters. The van der Waals surface area contributed by atoms with Crippen LogP contribution < -0.4 is 10.5 Å². The van der Waals surface area contributed by atoms with Crippen molar-refractivity contribution in [2.75, 3.05) is 7.11 Å². The number of rotatable bonds is 3. The number of alkyl halides is 3. The van der Waals surface area contributed by atoms with Crippen LogP contribution in [0, 0.1) is 0 Å². The number of aliphatic carboxylic acids is 1. The zero-order valence-electron chi connectivity index (χ0n) is 8.78. The van der Waals surface area contributed by atoms with Crippen molar-refractivity contribution in [2.24, 2.45) is 5.73 Å². The molecule has 0 saturated heterocycles. The smallest absolute Gasteiger partial charge is 0.416 e. The van der Waals surface area contributed by atoms with Crippen LogP contribution in [-0.4, -0.2) is 18.2 Å². The maximum absolute atomic E-state index is 12.4.